The van der Waals surface area contributed by atoms with E-state index in [2.05, 4.69) is 10.4 Å². The Bertz CT molecular complexity index is 386. The monoisotopic (exact) mass is 267 g/mol. The van der Waals surface area contributed by atoms with Crippen LogP contribution >= 0.6 is 11.8 Å². The number of hydrogen-bond acceptors (Lipinski definition) is 5. The minimum atomic E-state index is -4.45. The smallest absolute Gasteiger partial charge is 0.395 e. The number of hydrazine groups is 1. The number of aliphatic hydroxyl groups excluding tert-OH is 1. The quantitative estimate of drug-likeness (QED) is 0.441. The van der Waals surface area contributed by atoms with Crippen LogP contribution in [0.4, 0.5) is 19.0 Å². The standard InChI is InChI=1S/C9H12F3N3OS/c1-5(4-16)17-8-3-6(9(10,11)12)2-7(14-8)15-13/h2-3,5,16H,4,13H2,1H3,(H,14,15). The third kappa shape index (κ3) is 4.06. The Balaban J connectivity index is 3.05. The second-order valence-electron chi connectivity index (χ2n) is 3.33. The molecule has 1 unspecified atom stereocenters. The van der Waals surface area contributed by atoms with E-state index in [1.165, 1.54) is 0 Å². The molecule has 1 heterocycles. The molecule has 4 N–H and O–H groups in total. The van der Waals surface area contributed by atoms with Gasteiger partial charge in [-0.1, -0.05) is 6.92 Å². The van der Waals surface area contributed by atoms with Gasteiger partial charge in [-0.15, -0.1) is 11.8 Å². The number of thioether (sulfide) groups is 1. The maximum Gasteiger partial charge on any atom is 0.416 e. The molecule has 0 aromatic carbocycles. The minimum Gasteiger partial charge on any atom is -0.395 e. The summed E-state index contributed by atoms with van der Waals surface area (Å²) in [6.07, 6.45) is -4.45. The summed E-state index contributed by atoms with van der Waals surface area (Å²) >= 11 is 1.05. The summed E-state index contributed by atoms with van der Waals surface area (Å²) < 4.78 is 37.6. The number of nitrogens with one attached hydrogen (secondary N) is 1. The Labute approximate surface area is 100 Å². The summed E-state index contributed by atoms with van der Waals surface area (Å²) in [5.41, 5.74) is 1.26. The van der Waals surface area contributed by atoms with E-state index in [4.69, 9.17) is 10.9 Å². The van der Waals surface area contributed by atoms with Gasteiger partial charge in [0.15, 0.2) is 0 Å². The fourth-order valence-electron chi connectivity index (χ4n) is 1.05. The molecule has 0 aliphatic rings. The van der Waals surface area contributed by atoms with Crippen molar-refractivity contribution in [2.75, 3.05) is 12.0 Å². The predicted octanol–water partition coefficient (Wildman–Crippen LogP) is 1.86. The summed E-state index contributed by atoms with van der Waals surface area (Å²) in [6.45, 7) is 1.54. The minimum absolute atomic E-state index is 0.0625. The van der Waals surface area contributed by atoms with Crippen LogP contribution in [0.25, 0.3) is 0 Å². The van der Waals surface area contributed by atoms with Gasteiger partial charge in [0.25, 0.3) is 0 Å². The van der Waals surface area contributed by atoms with E-state index < -0.39 is 11.7 Å². The Hall–Kier alpha value is -0.990. The van der Waals surface area contributed by atoms with E-state index in [1.54, 1.807) is 6.92 Å². The van der Waals surface area contributed by atoms with Crippen molar-refractivity contribution in [1.29, 1.82) is 0 Å². The molecule has 17 heavy (non-hydrogen) atoms. The molecule has 1 atom stereocenters. The highest BCUT2D eigenvalue weighted by atomic mass is 32.2. The Morgan fingerprint density at radius 2 is 2.18 bits per heavy atom. The van der Waals surface area contributed by atoms with Crippen LogP contribution in [0.1, 0.15) is 12.5 Å². The lowest BCUT2D eigenvalue weighted by Gasteiger charge is -2.12. The summed E-state index contributed by atoms with van der Waals surface area (Å²) in [7, 11) is 0. The number of nitrogens with two attached hydrogens (primary N) is 1. The highest BCUT2D eigenvalue weighted by Gasteiger charge is 2.31. The zero-order chi connectivity index (χ0) is 13.1. The van der Waals surface area contributed by atoms with Crippen LogP contribution < -0.4 is 11.3 Å². The van der Waals surface area contributed by atoms with Crippen molar-refractivity contribution < 1.29 is 18.3 Å². The molecule has 0 amide bonds. The van der Waals surface area contributed by atoms with Crippen molar-refractivity contribution >= 4 is 17.6 Å². The zero-order valence-electron chi connectivity index (χ0n) is 8.95. The first-order chi connectivity index (χ1) is 7.86. The Morgan fingerprint density at radius 3 is 2.65 bits per heavy atom. The number of nitrogens with zero attached hydrogens (tertiary/aromatic N) is 1. The SMILES string of the molecule is CC(CO)Sc1cc(C(F)(F)F)cc(NN)n1. The molecule has 0 saturated carbocycles. The van der Waals surface area contributed by atoms with Crippen LogP contribution in [0.5, 0.6) is 0 Å². The third-order valence-electron chi connectivity index (χ3n) is 1.86. The molecule has 0 spiro atoms. The number of aromatic nitrogens is 1. The highest BCUT2D eigenvalue weighted by molar-refractivity contribution is 7.99. The van der Waals surface area contributed by atoms with E-state index in [-0.39, 0.29) is 22.7 Å². The number of pyridine rings is 1. The molecule has 96 valence electrons. The van der Waals surface area contributed by atoms with Crippen molar-refractivity contribution in [3.8, 4) is 0 Å². The van der Waals surface area contributed by atoms with Gasteiger partial charge in [-0.3, -0.25) is 0 Å². The van der Waals surface area contributed by atoms with Crippen molar-refractivity contribution in [1.82, 2.24) is 4.98 Å². The van der Waals surface area contributed by atoms with Crippen LogP contribution in [0.15, 0.2) is 17.2 Å². The van der Waals surface area contributed by atoms with Crippen LogP contribution in [0, 0.1) is 0 Å². The number of aliphatic hydroxyl groups is 1. The van der Waals surface area contributed by atoms with Gasteiger partial charge in [-0.05, 0) is 12.1 Å². The van der Waals surface area contributed by atoms with Gasteiger partial charge < -0.3 is 10.5 Å². The number of alkyl halides is 3. The molecule has 0 aliphatic heterocycles. The second kappa shape index (κ2) is 5.56. The normalized spacial score (nSPS) is 13.5. The molecule has 1 aromatic rings. The molecular formula is C9H12F3N3OS. The van der Waals surface area contributed by atoms with Gasteiger partial charge in [0.05, 0.1) is 17.2 Å². The lowest BCUT2D eigenvalue weighted by atomic mass is 10.2. The van der Waals surface area contributed by atoms with Gasteiger partial charge in [0, 0.05) is 5.25 Å². The molecular weight excluding hydrogens is 255 g/mol. The van der Waals surface area contributed by atoms with Crippen LogP contribution in [0.2, 0.25) is 0 Å². The molecule has 0 aliphatic carbocycles. The van der Waals surface area contributed by atoms with Crippen molar-refractivity contribution in [3.63, 3.8) is 0 Å². The Kier molecular flexibility index (Phi) is 4.61. The van der Waals surface area contributed by atoms with Gasteiger partial charge in [0.2, 0.25) is 0 Å². The van der Waals surface area contributed by atoms with Crippen LogP contribution in [-0.4, -0.2) is 21.9 Å². The molecule has 0 radical (unpaired) electrons. The van der Waals surface area contributed by atoms with Gasteiger partial charge in [-0.25, -0.2) is 10.8 Å². The van der Waals surface area contributed by atoms with E-state index in [9.17, 15) is 13.2 Å². The molecule has 0 saturated heterocycles. The molecule has 1 rings (SSSR count). The van der Waals surface area contributed by atoms with Crippen LogP contribution in [0.3, 0.4) is 0 Å². The van der Waals surface area contributed by atoms with Crippen molar-refractivity contribution in [2.45, 2.75) is 23.4 Å². The molecule has 1 aromatic heterocycles. The van der Waals surface area contributed by atoms with E-state index in [1.807, 2.05) is 0 Å². The summed E-state index contributed by atoms with van der Waals surface area (Å²) in [6, 6.07) is 1.76. The van der Waals surface area contributed by atoms with E-state index >= 15 is 0 Å². The molecule has 8 heteroatoms. The van der Waals surface area contributed by atoms with Gasteiger partial charge >= 0.3 is 6.18 Å². The van der Waals surface area contributed by atoms with Crippen molar-refractivity contribution in [3.05, 3.63) is 17.7 Å². The van der Waals surface area contributed by atoms with Gasteiger partial charge in [-0.2, -0.15) is 13.2 Å². The lowest BCUT2D eigenvalue weighted by molar-refractivity contribution is -0.137. The maximum absolute atomic E-state index is 12.5. The third-order valence-corrected chi connectivity index (χ3v) is 2.86. The molecule has 0 fully saturated rings. The van der Waals surface area contributed by atoms with Crippen molar-refractivity contribution in [2.24, 2.45) is 5.84 Å². The average Bonchev–Trinajstić information content (AvgIpc) is 2.27. The summed E-state index contributed by atoms with van der Waals surface area (Å²) in [5, 5.41) is 8.76. The predicted molar refractivity (Wildman–Crippen MR) is 59.5 cm³/mol. The van der Waals surface area contributed by atoms with Crippen LogP contribution in [-0.2, 0) is 6.18 Å². The number of rotatable bonds is 4. The summed E-state index contributed by atoms with van der Waals surface area (Å²) in [4.78, 5) is 3.87. The van der Waals surface area contributed by atoms with Gasteiger partial charge in [0.1, 0.15) is 5.82 Å². The first kappa shape index (κ1) is 14.1. The molecule has 0 bridgehead atoms. The highest BCUT2D eigenvalue weighted by Crippen LogP contribution is 2.33. The summed E-state index contributed by atoms with van der Waals surface area (Å²) in [5.74, 6) is 4.99. The first-order valence-electron chi connectivity index (χ1n) is 4.70. The lowest BCUT2D eigenvalue weighted by Crippen LogP contribution is -2.13. The number of halogens is 3. The number of hydrogen-bond donors (Lipinski definition) is 3. The number of nitrogen functional groups attached to an aromatic ring is 1. The average molecular weight is 267 g/mol. The number of anilines is 1. The van der Waals surface area contributed by atoms with E-state index in [0.29, 0.717) is 0 Å². The first-order valence-corrected chi connectivity index (χ1v) is 5.58. The second-order valence-corrected chi connectivity index (χ2v) is 4.79. The fourth-order valence-corrected chi connectivity index (χ4v) is 1.88. The zero-order valence-corrected chi connectivity index (χ0v) is 9.77. The fraction of sp³-hybridized carbons (Fsp3) is 0.444. The molecule has 4 nitrogen and oxygen atoms in total. The Morgan fingerprint density at radius 1 is 1.53 bits per heavy atom. The largest absolute Gasteiger partial charge is 0.416 e. The topological polar surface area (TPSA) is 71.2 Å². The van der Waals surface area contributed by atoms with E-state index in [0.717, 1.165) is 23.9 Å². The maximum atomic E-state index is 12.5.